The Kier molecular flexibility index (Phi) is 4.16. The predicted molar refractivity (Wildman–Crippen MR) is 72.5 cm³/mol. The van der Waals surface area contributed by atoms with E-state index in [-0.39, 0.29) is 12.5 Å². The summed E-state index contributed by atoms with van der Waals surface area (Å²) in [4.78, 5) is 15.2. The van der Waals surface area contributed by atoms with Gasteiger partial charge in [0.1, 0.15) is 5.52 Å². The molecular weight excluding hydrogens is 242 g/mol. The van der Waals surface area contributed by atoms with Gasteiger partial charge in [-0.25, -0.2) is 4.98 Å². The van der Waals surface area contributed by atoms with Gasteiger partial charge in [-0.15, -0.1) is 0 Å². The Hall–Kier alpha value is -1.88. The molecule has 19 heavy (non-hydrogen) atoms. The quantitative estimate of drug-likeness (QED) is 0.864. The average Bonchev–Trinajstić information content (AvgIpc) is 2.74. The lowest BCUT2D eigenvalue weighted by Gasteiger charge is -2.17. The first kappa shape index (κ1) is 13.5. The molecule has 1 heterocycles. The largest absolute Gasteiger partial charge is 0.441 e. The van der Waals surface area contributed by atoms with Gasteiger partial charge < -0.3 is 9.73 Å². The Labute approximate surface area is 112 Å². The number of oxazole rings is 1. The number of nitrogens with zero attached hydrogens (tertiary/aromatic N) is 1. The van der Waals surface area contributed by atoms with Crippen LogP contribution in [-0.2, 0) is 4.79 Å². The third kappa shape index (κ3) is 3.12. The molecule has 2 rings (SSSR count). The van der Waals surface area contributed by atoms with E-state index < -0.39 is 5.91 Å². The summed E-state index contributed by atoms with van der Waals surface area (Å²) >= 11 is 0. The van der Waals surface area contributed by atoms with Crippen LogP contribution in [0.2, 0.25) is 0 Å². The summed E-state index contributed by atoms with van der Waals surface area (Å²) in [6.45, 7) is 4.63. The molecule has 101 valence electrons. The number of fused-ring (bicyclic) bond motifs is 1. The number of benzene rings is 1. The SMILES string of the molecule is CCNC(CCC([NH])=O)c1cccc2nc(C)oc12. The first-order chi connectivity index (χ1) is 9.11. The highest BCUT2D eigenvalue weighted by Crippen LogP contribution is 2.27. The molecule has 0 aliphatic carbocycles. The monoisotopic (exact) mass is 260 g/mol. The molecule has 0 bridgehead atoms. The normalized spacial score (nSPS) is 12.7. The molecule has 0 saturated heterocycles. The molecule has 0 aliphatic rings. The first-order valence-corrected chi connectivity index (χ1v) is 6.45. The van der Waals surface area contributed by atoms with Gasteiger partial charge in [-0.2, -0.15) is 0 Å². The summed E-state index contributed by atoms with van der Waals surface area (Å²) in [6.07, 6.45) is 0.830. The first-order valence-electron chi connectivity index (χ1n) is 6.45. The second kappa shape index (κ2) is 5.84. The van der Waals surface area contributed by atoms with Crippen LogP contribution in [-0.4, -0.2) is 17.4 Å². The molecule has 1 atom stereocenters. The van der Waals surface area contributed by atoms with E-state index in [2.05, 4.69) is 10.3 Å². The Bertz CT molecular complexity index is 577. The number of carbonyl (C=O) groups excluding carboxylic acids is 1. The summed E-state index contributed by atoms with van der Waals surface area (Å²) in [5, 5.41) is 3.33. The maximum absolute atomic E-state index is 10.9. The van der Waals surface area contributed by atoms with E-state index in [0.29, 0.717) is 12.3 Å². The van der Waals surface area contributed by atoms with Crippen LogP contribution in [0.5, 0.6) is 0 Å². The van der Waals surface area contributed by atoms with Crippen molar-refractivity contribution in [3.63, 3.8) is 0 Å². The molecular formula is C14H18N3O2. The number of aromatic nitrogens is 1. The van der Waals surface area contributed by atoms with Crippen molar-refractivity contribution < 1.29 is 9.21 Å². The van der Waals surface area contributed by atoms with Crippen molar-refractivity contribution in [3.05, 3.63) is 29.7 Å². The van der Waals surface area contributed by atoms with Crippen LogP contribution < -0.4 is 11.1 Å². The fourth-order valence-electron chi connectivity index (χ4n) is 2.25. The van der Waals surface area contributed by atoms with Crippen LogP contribution in [0.15, 0.2) is 22.6 Å². The molecule has 0 spiro atoms. The lowest BCUT2D eigenvalue weighted by Crippen LogP contribution is -2.22. The molecule has 2 aromatic rings. The van der Waals surface area contributed by atoms with E-state index in [1.54, 1.807) is 0 Å². The number of nitrogens with one attached hydrogen (secondary N) is 2. The van der Waals surface area contributed by atoms with Crippen molar-refractivity contribution in [2.45, 2.75) is 32.7 Å². The van der Waals surface area contributed by atoms with E-state index in [1.807, 2.05) is 32.0 Å². The predicted octanol–water partition coefficient (Wildman–Crippen LogP) is 2.38. The van der Waals surface area contributed by atoms with Crippen molar-refractivity contribution in [2.24, 2.45) is 0 Å². The summed E-state index contributed by atoms with van der Waals surface area (Å²) in [7, 11) is 0. The van der Waals surface area contributed by atoms with E-state index in [1.165, 1.54) is 0 Å². The standard InChI is InChI=1S/C14H18N3O2/c1-3-16-11(7-8-13(15)18)10-5-4-6-12-14(10)19-9(2)17-12/h4-6,11,15-16H,3,7-8H2,1-2H3. The highest BCUT2D eigenvalue weighted by atomic mass is 16.3. The van der Waals surface area contributed by atoms with Gasteiger partial charge in [0.2, 0.25) is 5.91 Å². The van der Waals surface area contributed by atoms with Crippen LogP contribution >= 0.6 is 0 Å². The molecule has 0 fully saturated rings. The van der Waals surface area contributed by atoms with Crippen LogP contribution in [0, 0.1) is 6.92 Å². The van der Waals surface area contributed by atoms with Crippen molar-refractivity contribution in [3.8, 4) is 0 Å². The summed E-state index contributed by atoms with van der Waals surface area (Å²) in [5.74, 6) is 0.0955. The molecule has 0 aliphatic heterocycles. The maximum atomic E-state index is 10.9. The zero-order valence-corrected chi connectivity index (χ0v) is 11.2. The van der Waals surface area contributed by atoms with Gasteiger partial charge in [0, 0.05) is 24.9 Å². The van der Waals surface area contributed by atoms with Gasteiger partial charge in [0.05, 0.1) is 0 Å². The van der Waals surface area contributed by atoms with Crippen LogP contribution in [0.1, 0.15) is 37.3 Å². The van der Waals surface area contributed by atoms with Crippen molar-refractivity contribution in [2.75, 3.05) is 6.54 Å². The Balaban J connectivity index is 2.34. The Morgan fingerprint density at radius 3 is 3.00 bits per heavy atom. The van der Waals surface area contributed by atoms with Crippen LogP contribution in [0.3, 0.4) is 0 Å². The summed E-state index contributed by atoms with van der Waals surface area (Å²) < 4.78 is 5.65. The molecule has 5 heteroatoms. The Morgan fingerprint density at radius 2 is 2.32 bits per heavy atom. The molecule has 1 aromatic carbocycles. The van der Waals surface area contributed by atoms with E-state index in [0.717, 1.165) is 23.2 Å². The summed E-state index contributed by atoms with van der Waals surface area (Å²) in [5.41, 5.74) is 9.63. The fourth-order valence-corrected chi connectivity index (χ4v) is 2.25. The third-order valence-electron chi connectivity index (χ3n) is 3.04. The van der Waals surface area contributed by atoms with E-state index in [9.17, 15) is 4.79 Å². The highest BCUT2D eigenvalue weighted by molar-refractivity contribution is 5.77. The lowest BCUT2D eigenvalue weighted by molar-refractivity contribution is -0.118. The van der Waals surface area contributed by atoms with Crippen molar-refractivity contribution in [1.29, 1.82) is 0 Å². The van der Waals surface area contributed by atoms with Gasteiger partial charge >= 0.3 is 0 Å². The minimum atomic E-state index is -0.538. The second-order valence-electron chi connectivity index (χ2n) is 4.50. The number of hydrogen-bond acceptors (Lipinski definition) is 4. The van der Waals surface area contributed by atoms with Gasteiger partial charge in [0.15, 0.2) is 11.5 Å². The molecule has 1 radical (unpaired) electrons. The number of para-hydroxylation sites is 1. The number of aryl methyl sites for hydroxylation is 1. The molecule has 5 nitrogen and oxygen atoms in total. The van der Waals surface area contributed by atoms with Gasteiger partial charge in [-0.1, -0.05) is 19.1 Å². The van der Waals surface area contributed by atoms with Gasteiger partial charge in [0.25, 0.3) is 0 Å². The van der Waals surface area contributed by atoms with Crippen molar-refractivity contribution in [1.82, 2.24) is 16.0 Å². The number of amides is 1. The Morgan fingerprint density at radius 1 is 1.53 bits per heavy atom. The fraction of sp³-hybridized carbons (Fsp3) is 0.429. The molecule has 0 saturated carbocycles. The zero-order chi connectivity index (χ0) is 13.8. The lowest BCUT2D eigenvalue weighted by atomic mass is 10.0. The van der Waals surface area contributed by atoms with Crippen LogP contribution in [0.25, 0.3) is 11.1 Å². The molecule has 1 unspecified atom stereocenters. The van der Waals surface area contributed by atoms with Crippen LogP contribution in [0.4, 0.5) is 0 Å². The minimum absolute atomic E-state index is 0.00958. The van der Waals surface area contributed by atoms with Crippen molar-refractivity contribution >= 4 is 17.0 Å². The third-order valence-corrected chi connectivity index (χ3v) is 3.04. The number of rotatable bonds is 6. The van der Waals surface area contributed by atoms with Gasteiger partial charge in [-0.05, 0) is 19.0 Å². The van der Waals surface area contributed by atoms with E-state index in [4.69, 9.17) is 10.2 Å². The van der Waals surface area contributed by atoms with Gasteiger partial charge in [-0.3, -0.25) is 10.5 Å². The summed E-state index contributed by atoms with van der Waals surface area (Å²) in [6, 6.07) is 5.84. The smallest absolute Gasteiger partial charge is 0.238 e. The average molecular weight is 260 g/mol. The zero-order valence-electron chi connectivity index (χ0n) is 11.2. The molecule has 1 amide bonds. The second-order valence-corrected chi connectivity index (χ2v) is 4.50. The topological polar surface area (TPSA) is 78.9 Å². The highest BCUT2D eigenvalue weighted by Gasteiger charge is 2.17. The number of hydrogen-bond donors (Lipinski definition) is 1. The molecule has 2 N–H and O–H groups in total. The van der Waals surface area contributed by atoms with E-state index >= 15 is 0 Å². The maximum Gasteiger partial charge on any atom is 0.238 e. The minimum Gasteiger partial charge on any atom is -0.441 e. The molecule has 1 aromatic heterocycles. The number of carbonyl (C=O) groups is 1.